The van der Waals surface area contributed by atoms with Crippen molar-refractivity contribution >= 4 is 11.6 Å². The maximum absolute atomic E-state index is 11.9. The molecule has 1 saturated heterocycles. The summed E-state index contributed by atoms with van der Waals surface area (Å²) in [6.07, 6.45) is 1.54. The van der Waals surface area contributed by atoms with Gasteiger partial charge < -0.3 is 19.7 Å². The Labute approximate surface area is 145 Å². The van der Waals surface area contributed by atoms with Crippen LogP contribution >= 0.6 is 0 Å². The van der Waals surface area contributed by atoms with Crippen molar-refractivity contribution in [3.8, 4) is 5.75 Å². The number of anilines is 1. The molecule has 2 rings (SSSR count). The van der Waals surface area contributed by atoms with E-state index in [1.54, 1.807) is 7.11 Å². The van der Waals surface area contributed by atoms with E-state index >= 15 is 0 Å². The lowest BCUT2D eigenvalue weighted by atomic mass is 10.1. The molecule has 1 aromatic rings. The number of ether oxygens (including phenoxy) is 2. The number of benzene rings is 1. The molecule has 1 heterocycles. The number of carbonyl (C=O) groups is 1. The average molecular weight is 334 g/mol. The lowest BCUT2D eigenvalue weighted by Crippen LogP contribution is -2.31. The highest BCUT2D eigenvalue weighted by atomic mass is 16.5. The van der Waals surface area contributed by atoms with Crippen LogP contribution in [0, 0.1) is 11.8 Å². The first-order chi connectivity index (χ1) is 11.6. The van der Waals surface area contributed by atoms with E-state index < -0.39 is 0 Å². The summed E-state index contributed by atoms with van der Waals surface area (Å²) >= 11 is 0. The molecule has 0 bridgehead atoms. The maximum Gasteiger partial charge on any atom is 0.222 e. The monoisotopic (exact) mass is 334 g/mol. The molecule has 0 aliphatic carbocycles. The molecule has 24 heavy (non-hydrogen) atoms. The number of carbonyl (C=O) groups excluding carboxylic acids is 1. The summed E-state index contributed by atoms with van der Waals surface area (Å²) in [7, 11) is 1.69. The van der Waals surface area contributed by atoms with E-state index in [2.05, 4.69) is 36.2 Å². The highest BCUT2D eigenvalue weighted by Gasteiger charge is 2.23. The van der Waals surface area contributed by atoms with Gasteiger partial charge in [0.2, 0.25) is 5.91 Å². The first-order valence-electron chi connectivity index (χ1n) is 8.82. The highest BCUT2D eigenvalue weighted by molar-refractivity contribution is 5.75. The predicted molar refractivity (Wildman–Crippen MR) is 96.6 cm³/mol. The molecule has 0 saturated carbocycles. The van der Waals surface area contributed by atoms with Crippen LogP contribution in [0.2, 0.25) is 0 Å². The molecule has 1 aliphatic heterocycles. The smallest absolute Gasteiger partial charge is 0.222 e. The summed E-state index contributed by atoms with van der Waals surface area (Å²) in [4.78, 5) is 14.2. The zero-order valence-electron chi connectivity index (χ0n) is 15.1. The summed E-state index contributed by atoms with van der Waals surface area (Å²) in [5.74, 6) is 1.97. The molecule has 1 aromatic carbocycles. The second-order valence-electron chi connectivity index (χ2n) is 6.83. The van der Waals surface area contributed by atoms with Crippen LogP contribution < -0.4 is 15.0 Å². The summed E-state index contributed by atoms with van der Waals surface area (Å²) in [5.41, 5.74) is 1.19. The van der Waals surface area contributed by atoms with Crippen LogP contribution in [0.1, 0.15) is 26.7 Å². The van der Waals surface area contributed by atoms with Gasteiger partial charge in [0.25, 0.3) is 0 Å². The van der Waals surface area contributed by atoms with Crippen LogP contribution in [0.25, 0.3) is 0 Å². The van der Waals surface area contributed by atoms with E-state index in [-0.39, 0.29) is 5.91 Å². The topological polar surface area (TPSA) is 50.8 Å². The number of methoxy groups -OCH3 is 1. The van der Waals surface area contributed by atoms with Gasteiger partial charge in [-0.05, 0) is 30.4 Å². The van der Waals surface area contributed by atoms with Crippen molar-refractivity contribution < 1.29 is 14.3 Å². The Kier molecular flexibility index (Phi) is 7.37. The number of rotatable bonds is 9. The standard InChI is InChI=1S/C19H30N2O3/c1-15(2)14-24-10-8-19(22)20-12-16-7-9-21(13-16)17-5-4-6-18(11-17)23-3/h4-6,11,15-16H,7-10,12-14H2,1-3H3,(H,20,22)/t16-/m0/s1. The largest absolute Gasteiger partial charge is 0.497 e. The average Bonchev–Trinajstić information content (AvgIpc) is 3.06. The minimum absolute atomic E-state index is 0.0820. The molecule has 0 unspecified atom stereocenters. The van der Waals surface area contributed by atoms with Crippen LogP contribution in [0.5, 0.6) is 5.75 Å². The molecule has 1 N–H and O–H groups in total. The normalized spacial score (nSPS) is 17.3. The third-order valence-electron chi connectivity index (χ3n) is 4.22. The molecule has 5 nitrogen and oxygen atoms in total. The Hall–Kier alpha value is -1.75. The molecule has 1 atom stereocenters. The van der Waals surface area contributed by atoms with E-state index in [0.29, 0.717) is 31.5 Å². The number of amides is 1. The Morgan fingerprint density at radius 2 is 2.25 bits per heavy atom. The fourth-order valence-electron chi connectivity index (χ4n) is 2.87. The Morgan fingerprint density at radius 3 is 3.00 bits per heavy atom. The summed E-state index contributed by atoms with van der Waals surface area (Å²) in [6.45, 7) is 8.16. The molecule has 0 aromatic heterocycles. The number of nitrogens with zero attached hydrogens (tertiary/aromatic N) is 1. The molecule has 134 valence electrons. The van der Waals surface area contributed by atoms with Crippen molar-refractivity contribution in [2.24, 2.45) is 11.8 Å². The van der Waals surface area contributed by atoms with Gasteiger partial charge in [0.1, 0.15) is 5.75 Å². The number of hydrogen-bond acceptors (Lipinski definition) is 4. The third-order valence-corrected chi connectivity index (χ3v) is 4.22. The SMILES string of the molecule is COc1cccc(N2CC[C@@H](CNC(=O)CCOCC(C)C)C2)c1. The number of hydrogen-bond donors (Lipinski definition) is 1. The summed E-state index contributed by atoms with van der Waals surface area (Å²) in [5, 5.41) is 3.04. The molecule has 0 spiro atoms. The molecule has 0 radical (unpaired) electrons. The molecular formula is C19H30N2O3. The van der Waals surface area contributed by atoms with Crippen molar-refractivity contribution in [1.29, 1.82) is 0 Å². The van der Waals surface area contributed by atoms with Gasteiger partial charge in [-0.15, -0.1) is 0 Å². The summed E-state index contributed by atoms with van der Waals surface area (Å²) < 4.78 is 10.7. The fraction of sp³-hybridized carbons (Fsp3) is 0.632. The van der Waals surface area contributed by atoms with Gasteiger partial charge in [-0.2, -0.15) is 0 Å². The van der Waals surface area contributed by atoms with Crippen molar-refractivity contribution in [3.63, 3.8) is 0 Å². The second-order valence-corrected chi connectivity index (χ2v) is 6.83. The first-order valence-corrected chi connectivity index (χ1v) is 8.82. The van der Waals surface area contributed by atoms with Crippen LogP contribution in [0.4, 0.5) is 5.69 Å². The van der Waals surface area contributed by atoms with E-state index in [9.17, 15) is 4.79 Å². The van der Waals surface area contributed by atoms with Gasteiger partial charge in [-0.25, -0.2) is 0 Å². The quantitative estimate of drug-likeness (QED) is 0.706. The molecule has 1 aliphatic rings. The van der Waals surface area contributed by atoms with Gasteiger partial charge >= 0.3 is 0 Å². The van der Waals surface area contributed by atoms with Crippen molar-refractivity contribution in [2.45, 2.75) is 26.7 Å². The van der Waals surface area contributed by atoms with E-state index in [0.717, 1.165) is 31.8 Å². The fourth-order valence-corrected chi connectivity index (χ4v) is 2.87. The summed E-state index contributed by atoms with van der Waals surface area (Å²) in [6, 6.07) is 8.14. The van der Waals surface area contributed by atoms with Crippen molar-refractivity contribution in [3.05, 3.63) is 24.3 Å². The van der Waals surface area contributed by atoms with E-state index in [4.69, 9.17) is 9.47 Å². The van der Waals surface area contributed by atoms with Crippen LogP contribution in [0.15, 0.2) is 24.3 Å². The third kappa shape index (κ3) is 6.04. The van der Waals surface area contributed by atoms with Crippen molar-refractivity contribution in [1.82, 2.24) is 5.32 Å². The predicted octanol–water partition coefficient (Wildman–Crippen LogP) is 2.70. The second kappa shape index (κ2) is 9.52. The molecular weight excluding hydrogens is 304 g/mol. The Bertz CT molecular complexity index is 519. The van der Waals surface area contributed by atoms with Crippen LogP contribution in [-0.2, 0) is 9.53 Å². The Balaban J connectivity index is 1.67. The molecule has 5 heteroatoms. The van der Waals surface area contributed by atoms with Gasteiger partial charge in [0, 0.05) is 44.4 Å². The van der Waals surface area contributed by atoms with Gasteiger partial charge in [-0.3, -0.25) is 4.79 Å². The van der Waals surface area contributed by atoms with Crippen molar-refractivity contribution in [2.75, 3.05) is 44.9 Å². The number of nitrogens with one attached hydrogen (secondary N) is 1. The zero-order chi connectivity index (χ0) is 17.4. The zero-order valence-corrected chi connectivity index (χ0v) is 15.1. The first kappa shape index (κ1) is 18.6. The lowest BCUT2D eigenvalue weighted by molar-refractivity contribution is -0.122. The highest BCUT2D eigenvalue weighted by Crippen LogP contribution is 2.26. The van der Waals surface area contributed by atoms with E-state index in [1.807, 2.05) is 12.1 Å². The van der Waals surface area contributed by atoms with E-state index in [1.165, 1.54) is 5.69 Å². The maximum atomic E-state index is 11.9. The van der Waals surface area contributed by atoms with Gasteiger partial charge in [0.15, 0.2) is 0 Å². The molecule has 1 fully saturated rings. The lowest BCUT2D eigenvalue weighted by Gasteiger charge is -2.19. The minimum Gasteiger partial charge on any atom is -0.497 e. The van der Waals surface area contributed by atoms with Gasteiger partial charge in [0.05, 0.1) is 13.7 Å². The van der Waals surface area contributed by atoms with Crippen LogP contribution in [-0.4, -0.2) is 45.9 Å². The Morgan fingerprint density at radius 1 is 1.42 bits per heavy atom. The molecule has 1 amide bonds. The minimum atomic E-state index is 0.0820. The van der Waals surface area contributed by atoms with Crippen LogP contribution in [0.3, 0.4) is 0 Å². The van der Waals surface area contributed by atoms with Gasteiger partial charge in [-0.1, -0.05) is 19.9 Å².